The van der Waals surface area contributed by atoms with E-state index in [-0.39, 0.29) is 12.0 Å². The van der Waals surface area contributed by atoms with Crippen LogP contribution in [0.2, 0.25) is 0 Å². The molecule has 1 aromatic heterocycles. The van der Waals surface area contributed by atoms with Gasteiger partial charge in [-0.2, -0.15) is 0 Å². The third-order valence-corrected chi connectivity index (χ3v) is 2.95. The van der Waals surface area contributed by atoms with Crippen molar-refractivity contribution in [2.45, 2.75) is 32.8 Å². The Morgan fingerprint density at radius 3 is 2.47 bits per heavy atom. The van der Waals surface area contributed by atoms with Gasteiger partial charge < -0.3 is 15.5 Å². The highest BCUT2D eigenvalue weighted by molar-refractivity contribution is 5.59. The van der Waals surface area contributed by atoms with Crippen molar-refractivity contribution in [3.05, 3.63) is 36.3 Å². The highest BCUT2D eigenvalue weighted by Crippen LogP contribution is 2.22. The molecule has 0 aliphatic rings. The van der Waals surface area contributed by atoms with E-state index in [0.29, 0.717) is 6.54 Å². The largest absolute Gasteiger partial charge is 0.491 e. The zero-order valence-corrected chi connectivity index (χ0v) is 11.7. The maximum atomic E-state index is 5.64. The summed E-state index contributed by atoms with van der Waals surface area (Å²) in [5, 5.41) is 0. The van der Waals surface area contributed by atoms with Gasteiger partial charge in [0.25, 0.3) is 0 Å². The predicted molar refractivity (Wildman–Crippen MR) is 77.3 cm³/mol. The summed E-state index contributed by atoms with van der Waals surface area (Å²) in [6.45, 7) is 6.68. The number of nitrogens with zero attached hydrogens (tertiary/aromatic N) is 1. The number of H-pyrrole nitrogens is 1. The molecular weight excluding hydrogens is 238 g/mol. The smallest absolute Gasteiger partial charge is 0.119 e. The van der Waals surface area contributed by atoms with Gasteiger partial charge in [0.1, 0.15) is 11.6 Å². The number of hydrogen-bond acceptors (Lipinski definition) is 3. The highest BCUT2D eigenvalue weighted by Gasteiger charge is 2.09. The lowest BCUT2D eigenvalue weighted by molar-refractivity contribution is 0.242. The predicted octanol–water partition coefficient (Wildman–Crippen LogP) is 2.93. The summed E-state index contributed by atoms with van der Waals surface area (Å²) >= 11 is 0. The zero-order valence-electron chi connectivity index (χ0n) is 11.7. The fourth-order valence-electron chi connectivity index (χ4n) is 1.83. The van der Waals surface area contributed by atoms with Crippen molar-refractivity contribution < 1.29 is 4.74 Å². The van der Waals surface area contributed by atoms with Gasteiger partial charge in [0.15, 0.2) is 0 Å². The number of nitrogens with two attached hydrogens (primary N) is 1. The Hall–Kier alpha value is -1.81. The van der Waals surface area contributed by atoms with E-state index in [9.17, 15) is 0 Å². The minimum atomic E-state index is 0.190. The lowest BCUT2D eigenvalue weighted by atomic mass is 10.1. The second kappa shape index (κ2) is 5.89. The van der Waals surface area contributed by atoms with Crippen molar-refractivity contribution in [2.24, 2.45) is 5.73 Å². The van der Waals surface area contributed by atoms with Crippen LogP contribution in [0.3, 0.4) is 0 Å². The van der Waals surface area contributed by atoms with Gasteiger partial charge in [-0.15, -0.1) is 0 Å². The fourth-order valence-corrected chi connectivity index (χ4v) is 1.83. The van der Waals surface area contributed by atoms with Gasteiger partial charge in [0.05, 0.1) is 18.0 Å². The molecule has 2 aromatic rings. The molecule has 1 heterocycles. The summed E-state index contributed by atoms with van der Waals surface area (Å²) in [6, 6.07) is 8.01. The molecule has 2 rings (SSSR count). The molecule has 0 fully saturated rings. The van der Waals surface area contributed by atoms with Crippen LogP contribution in [0.1, 0.15) is 32.5 Å². The van der Waals surface area contributed by atoms with Crippen LogP contribution >= 0.6 is 0 Å². The van der Waals surface area contributed by atoms with Crippen LogP contribution in [0.15, 0.2) is 30.5 Å². The number of imidazole rings is 1. The normalized spacial score (nSPS) is 12.7. The summed E-state index contributed by atoms with van der Waals surface area (Å²) in [5.74, 6) is 2.06. The Bertz CT molecular complexity index is 516. The van der Waals surface area contributed by atoms with Gasteiger partial charge in [0, 0.05) is 12.5 Å². The highest BCUT2D eigenvalue weighted by atomic mass is 16.5. The van der Waals surface area contributed by atoms with Crippen LogP contribution in [-0.2, 0) is 0 Å². The van der Waals surface area contributed by atoms with Gasteiger partial charge in [0.2, 0.25) is 0 Å². The first-order valence-corrected chi connectivity index (χ1v) is 6.62. The van der Waals surface area contributed by atoms with Crippen LogP contribution in [0.4, 0.5) is 0 Å². The van der Waals surface area contributed by atoms with E-state index < -0.39 is 0 Å². The Labute approximate surface area is 114 Å². The van der Waals surface area contributed by atoms with Crippen molar-refractivity contribution in [1.29, 1.82) is 0 Å². The van der Waals surface area contributed by atoms with E-state index in [1.807, 2.05) is 44.3 Å². The van der Waals surface area contributed by atoms with Gasteiger partial charge in [-0.3, -0.25) is 0 Å². The summed E-state index contributed by atoms with van der Waals surface area (Å²) in [4.78, 5) is 7.68. The first-order chi connectivity index (χ1) is 9.10. The zero-order chi connectivity index (χ0) is 13.8. The standard InChI is InChI=1S/C15H21N3O/c1-10(2)19-13-6-4-12(5-7-13)14-9-17-15(18-14)11(3)8-16/h4-7,9-11H,8,16H2,1-3H3,(H,17,18). The first kappa shape index (κ1) is 13.6. The average molecular weight is 259 g/mol. The van der Waals surface area contributed by atoms with Crippen molar-refractivity contribution in [3.8, 4) is 17.0 Å². The van der Waals surface area contributed by atoms with Crippen molar-refractivity contribution in [3.63, 3.8) is 0 Å². The quantitative estimate of drug-likeness (QED) is 0.867. The van der Waals surface area contributed by atoms with E-state index in [1.54, 1.807) is 0 Å². The Kier molecular flexibility index (Phi) is 4.22. The number of nitrogens with one attached hydrogen (secondary N) is 1. The van der Waals surface area contributed by atoms with Crippen LogP contribution < -0.4 is 10.5 Å². The molecule has 4 nitrogen and oxygen atoms in total. The lowest BCUT2D eigenvalue weighted by Gasteiger charge is -2.09. The molecule has 1 atom stereocenters. The van der Waals surface area contributed by atoms with Crippen molar-refractivity contribution in [2.75, 3.05) is 6.54 Å². The summed E-state index contributed by atoms with van der Waals surface area (Å²) < 4.78 is 5.62. The van der Waals surface area contributed by atoms with Crippen LogP contribution in [0.5, 0.6) is 5.75 Å². The van der Waals surface area contributed by atoms with Crippen molar-refractivity contribution >= 4 is 0 Å². The molecule has 0 aliphatic heterocycles. The van der Waals surface area contributed by atoms with E-state index in [4.69, 9.17) is 10.5 Å². The second-order valence-corrected chi connectivity index (χ2v) is 5.01. The Balaban J connectivity index is 2.15. The van der Waals surface area contributed by atoms with Crippen LogP contribution in [0.25, 0.3) is 11.3 Å². The molecule has 0 spiro atoms. The minimum Gasteiger partial charge on any atom is -0.491 e. The van der Waals surface area contributed by atoms with Crippen LogP contribution in [0, 0.1) is 0 Å². The summed E-state index contributed by atoms with van der Waals surface area (Å²) in [5.41, 5.74) is 7.74. The van der Waals surface area contributed by atoms with E-state index in [2.05, 4.69) is 16.9 Å². The maximum Gasteiger partial charge on any atom is 0.119 e. The molecule has 4 heteroatoms. The molecule has 0 bridgehead atoms. The third-order valence-electron chi connectivity index (χ3n) is 2.95. The molecule has 1 aromatic carbocycles. The van der Waals surface area contributed by atoms with E-state index >= 15 is 0 Å². The fraction of sp³-hybridized carbons (Fsp3) is 0.400. The Morgan fingerprint density at radius 1 is 1.21 bits per heavy atom. The van der Waals surface area contributed by atoms with Crippen LogP contribution in [-0.4, -0.2) is 22.6 Å². The molecule has 0 aliphatic carbocycles. The maximum absolute atomic E-state index is 5.64. The number of hydrogen-bond donors (Lipinski definition) is 2. The van der Waals surface area contributed by atoms with Gasteiger partial charge in [-0.1, -0.05) is 6.92 Å². The monoisotopic (exact) mass is 259 g/mol. The van der Waals surface area contributed by atoms with Gasteiger partial charge in [-0.05, 0) is 43.7 Å². The number of ether oxygens (including phenoxy) is 1. The third kappa shape index (κ3) is 3.35. The molecule has 0 radical (unpaired) electrons. The summed E-state index contributed by atoms with van der Waals surface area (Å²) in [7, 11) is 0. The number of rotatable bonds is 5. The second-order valence-electron chi connectivity index (χ2n) is 5.01. The topological polar surface area (TPSA) is 63.9 Å². The minimum absolute atomic E-state index is 0.190. The number of benzene rings is 1. The van der Waals surface area contributed by atoms with Gasteiger partial charge in [-0.25, -0.2) is 4.98 Å². The molecule has 102 valence electrons. The molecule has 19 heavy (non-hydrogen) atoms. The van der Waals surface area contributed by atoms with E-state index in [0.717, 1.165) is 22.8 Å². The number of aromatic amines is 1. The first-order valence-electron chi connectivity index (χ1n) is 6.62. The molecule has 1 unspecified atom stereocenters. The summed E-state index contributed by atoms with van der Waals surface area (Å²) in [6.07, 6.45) is 2.04. The molecular formula is C15H21N3O. The SMILES string of the molecule is CC(C)Oc1ccc(-c2cnc(C(C)CN)[nH]2)cc1. The average Bonchev–Trinajstić information content (AvgIpc) is 2.87. The van der Waals surface area contributed by atoms with E-state index in [1.165, 1.54) is 0 Å². The molecule has 3 N–H and O–H groups in total. The van der Waals surface area contributed by atoms with Crippen molar-refractivity contribution in [1.82, 2.24) is 9.97 Å². The van der Waals surface area contributed by atoms with Gasteiger partial charge >= 0.3 is 0 Å². The number of aromatic nitrogens is 2. The molecule has 0 amide bonds. The molecule has 0 saturated carbocycles. The Morgan fingerprint density at radius 2 is 1.89 bits per heavy atom. The lowest BCUT2D eigenvalue weighted by Crippen LogP contribution is -2.10. The molecule has 0 saturated heterocycles.